The Labute approximate surface area is 175 Å². The van der Waals surface area contributed by atoms with Crippen molar-refractivity contribution in [1.82, 2.24) is 9.55 Å². The molecule has 28 heavy (non-hydrogen) atoms. The highest BCUT2D eigenvalue weighted by atomic mass is 35.5. The maximum absolute atomic E-state index is 6.37. The summed E-state index contributed by atoms with van der Waals surface area (Å²) in [7, 11) is 0. The minimum absolute atomic E-state index is 0.618. The van der Waals surface area contributed by atoms with Gasteiger partial charge in [0.15, 0.2) is 0 Å². The van der Waals surface area contributed by atoms with Crippen molar-refractivity contribution in [1.29, 1.82) is 0 Å². The molecule has 140 valence electrons. The number of halogens is 2. The molecular weight excluding hydrogens is 387 g/mol. The molecule has 0 spiro atoms. The van der Waals surface area contributed by atoms with E-state index in [4.69, 9.17) is 28.2 Å². The molecule has 0 aliphatic carbocycles. The molecule has 0 amide bonds. The van der Waals surface area contributed by atoms with Crippen LogP contribution in [-0.4, -0.2) is 9.55 Å². The first-order valence-electron chi connectivity index (χ1n) is 9.30. The molecular formula is C24H20Cl2N2. The monoisotopic (exact) mass is 406 g/mol. The summed E-state index contributed by atoms with van der Waals surface area (Å²) in [6.45, 7) is 2.98. The van der Waals surface area contributed by atoms with Gasteiger partial charge in [0.1, 0.15) is 5.82 Å². The van der Waals surface area contributed by atoms with Gasteiger partial charge in [0, 0.05) is 29.7 Å². The minimum Gasteiger partial charge on any atom is -0.334 e. The maximum atomic E-state index is 6.37. The predicted octanol–water partition coefficient (Wildman–Crippen LogP) is 7.13. The first kappa shape index (κ1) is 18.8. The minimum atomic E-state index is 0.618. The summed E-state index contributed by atoms with van der Waals surface area (Å²) in [5.41, 5.74) is 5.45. The quantitative estimate of drug-likeness (QED) is 0.344. The highest BCUT2D eigenvalue weighted by Gasteiger charge is 2.12. The molecule has 4 rings (SSSR count). The zero-order chi connectivity index (χ0) is 19.5. The Hall–Kier alpha value is -2.55. The number of rotatable bonds is 5. The van der Waals surface area contributed by atoms with Crippen LogP contribution in [0.5, 0.6) is 0 Å². The Morgan fingerprint density at radius 3 is 2.25 bits per heavy atom. The lowest BCUT2D eigenvalue weighted by atomic mass is 10.0. The van der Waals surface area contributed by atoms with Crippen molar-refractivity contribution in [2.24, 2.45) is 0 Å². The maximum Gasteiger partial charge on any atom is 0.113 e. The van der Waals surface area contributed by atoms with E-state index < -0.39 is 0 Å². The summed E-state index contributed by atoms with van der Waals surface area (Å²) in [6.07, 6.45) is 2.83. The zero-order valence-corrected chi connectivity index (χ0v) is 17.1. The second-order valence-corrected chi connectivity index (χ2v) is 7.54. The molecule has 4 heteroatoms. The zero-order valence-electron chi connectivity index (χ0n) is 15.6. The molecule has 1 aromatic heterocycles. The fourth-order valence-electron chi connectivity index (χ4n) is 3.32. The molecule has 0 radical (unpaired) electrons. The largest absolute Gasteiger partial charge is 0.334 e. The summed E-state index contributed by atoms with van der Waals surface area (Å²) < 4.78 is 2.17. The fraction of sp³-hybridized carbons (Fsp3) is 0.125. The van der Waals surface area contributed by atoms with Gasteiger partial charge in [-0.05, 0) is 41.8 Å². The van der Waals surface area contributed by atoms with Gasteiger partial charge in [-0.1, -0.05) is 77.8 Å². The SMILES string of the molecule is CCn1cc(-c2ccc(Cl)cc2Cl)nc1Cc1ccc(-c2ccccc2)cc1. The van der Waals surface area contributed by atoms with Crippen molar-refractivity contribution < 1.29 is 0 Å². The van der Waals surface area contributed by atoms with E-state index >= 15 is 0 Å². The van der Waals surface area contributed by atoms with Crippen LogP contribution in [-0.2, 0) is 13.0 Å². The Bertz CT molecular complexity index is 1080. The van der Waals surface area contributed by atoms with Gasteiger partial charge in [-0.2, -0.15) is 0 Å². The molecule has 0 saturated carbocycles. The van der Waals surface area contributed by atoms with Gasteiger partial charge in [0.2, 0.25) is 0 Å². The van der Waals surface area contributed by atoms with Crippen LogP contribution >= 0.6 is 23.2 Å². The summed E-state index contributed by atoms with van der Waals surface area (Å²) >= 11 is 12.4. The van der Waals surface area contributed by atoms with E-state index in [2.05, 4.69) is 66.2 Å². The summed E-state index contributed by atoms with van der Waals surface area (Å²) in [6, 6.07) is 24.6. The smallest absolute Gasteiger partial charge is 0.113 e. The molecule has 0 unspecified atom stereocenters. The van der Waals surface area contributed by atoms with Crippen LogP contribution in [0.2, 0.25) is 10.0 Å². The van der Waals surface area contributed by atoms with Crippen LogP contribution in [0, 0.1) is 0 Å². The lowest BCUT2D eigenvalue weighted by Gasteiger charge is -2.06. The number of aromatic nitrogens is 2. The van der Waals surface area contributed by atoms with Crippen LogP contribution in [0.3, 0.4) is 0 Å². The molecule has 0 fully saturated rings. The molecule has 0 aliphatic rings. The molecule has 0 saturated heterocycles. The highest BCUT2D eigenvalue weighted by molar-refractivity contribution is 6.36. The Kier molecular flexibility index (Phi) is 5.52. The van der Waals surface area contributed by atoms with Gasteiger partial charge < -0.3 is 4.57 Å². The molecule has 3 aromatic carbocycles. The second kappa shape index (κ2) is 8.22. The Balaban J connectivity index is 1.60. The van der Waals surface area contributed by atoms with E-state index in [-0.39, 0.29) is 0 Å². The van der Waals surface area contributed by atoms with Gasteiger partial charge in [-0.3, -0.25) is 0 Å². The summed E-state index contributed by atoms with van der Waals surface area (Å²) in [5, 5.41) is 1.24. The van der Waals surface area contributed by atoms with Gasteiger partial charge in [-0.15, -0.1) is 0 Å². The van der Waals surface area contributed by atoms with Crippen molar-refractivity contribution in [3.05, 3.63) is 100 Å². The number of nitrogens with zero attached hydrogens (tertiary/aromatic N) is 2. The summed E-state index contributed by atoms with van der Waals surface area (Å²) in [4.78, 5) is 4.85. The van der Waals surface area contributed by atoms with Crippen LogP contribution < -0.4 is 0 Å². The number of hydrogen-bond donors (Lipinski definition) is 0. The predicted molar refractivity (Wildman–Crippen MR) is 118 cm³/mol. The molecule has 1 heterocycles. The molecule has 0 bridgehead atoms. The normalized spacial score (nSPS) is 11.0. The van der Waals surface area contributed by atoms with Gasteiger partial charge in [-0.25, -0.2) is 4.98 Å². The van der Waals surface area contributed by atoms with E-state index in [0.717, 1.165) is 30.0 Å². The first-order valence-corrected chi connectivity index (χ1v) is 10.1. The molecule has 2 nitrogen and oxygen atoms in total. The fourth-order valence-corrected chi connectivity index (χ4v) is 3.83. The van der Waals surface area contributed by atoms with E-state index in [1.807, 2.05) is 18.2 Å². The van der Waals surface area contributed by atoms with Crippen LogP contribution in [0.25, 0.3) is 22.4 Å². The van der Waals surface area contributed by atoms with Crippen molar-refractivity contribution >= 4 is 23.2 Å². The lowest BCUT2D eigenvalue weighted by Crippen LogP contribution is -2.01. The van der Waals surface area contributed by atoms with E-state index in [0.29, 0.717) is 10.0 Å². The molecule has 0 N–H and O–H groups in total. The van der Waals surface area contributed by atoms with Gasteiger partial charge >= 0.3 is 0 Å². The van der Waals surface area contributed by atoms with Gasteiger partial charge in [0.05, 0.1) is 10.7 Å². The standard InChI is InChI=1S/C24H20Cl2N2/c1-2-28-16-23(21-13-12-20(25)15-22(21)26)27-24(28)14-17-8-10-19(11-9-17)18-6-4-3-5-7-18/h3-13,15-16H,2,14H2,1H3. The Morgan fingerprint density at radius 1 is 0.857 bits per heavy atom. The van der Waals surface area contributed by atoms with Gasteiger partial charge in [0.25, 0.3) is 0 Å². The van der Waals surface area contributed by atoms with Crippen LogP contribution in [0.1, 0.15) is 18.3 Å². The van der Waals surface area contributed by atoms with Crippen LogP contribution in [0.15, 0.2) is 79.0 Å². The average molecular weight is 407 g/mol. The number of imidazole rings is 1. The van der Waals surface area contributed by atoms with E-state index in [1.54, 1.807) is 6.07 Å². The topological polar surface area (TPSA) is 17.8 Å². The molecule has 0 atom stereocenters. The Morgan fingerprint density at radius 2 is 1.57 bits per heavy atom. The number of hydrogen-bond acceptors (Lipinski definition) is 1. The molecule has 4 aromatic rings. The third-order valence-corrected chi connectivity index (χ3v) is 5.38. The summed E-state index contributed by atoms with van der Waals surface area (Å²) in [5.74, 6) is 1.02. The van der Waals surface area contributed by atoms with Crippen molar-refractivity contribution in [2.45, 2.75) is 19.9 Å². The first-order chi connectivity index (χ1) is 13.6. The highest BCUT2D eigenvalue weighted by Crippen LogP contribution is 2.30. The number of aryl methyl sites for hydroxylation is 1. The van der Waals surface area contributed by atoms with E-state index in [9.17, 15) is 0 Å². The average Bonchev–Trinajstić information content (AvgIpc) is 3.11. The second-order valence-electron chi connectivity index (χ2n) is 6.69. The lowest BCUT2D eigenvalue weighted by molar-refractivity contribution is 0.712. The number of benzene rings is 3. The third kappa shape index (κ3) is 3.99. The van der Waals surface area contributed by atoms with Crippen molar-refractivity contribution in [2.75, 3.05) is 0 Å². The third-order valence-electron chi connectivity index (χ3n) is 4.83. The molecule has 0 aliphatic heterocycles. The van der Waals surface area contributed by atoms with Crippen LogP contribution in [0.4, 0.5) is 0 Å². The van der Waals surface area contributed by atoms with E-state index in [1.165, 1.54) is 16.7 Å². The van der Waals surface area contributed by atoms with Crippen molar-refractivity contribution in [3.8, 4) is 22.4 Å². The van der Waals surface area contributed by atoms with Crippen molar-refractivity contribution in [3.63, 3.8) is 0 Å².